The van der Waals surface area contributed by atoms with Crippen LogP contribution in [0.25, 0.3) is 0 Å². The smallest absolute Gasteiger partial charge is 0.213 e. The van der Waals surface area contributed by atoms with Crippen molar-refractivity contribution in [2.24, 2.45) is 0 Å². The highest BCUT2D eigenvalue weighted by molar-refractivity contribution is 5.81. The van der Waals surface area contributed by atoms with E-state index in [9.17, 15) is 4.79 Å². The summed E-state index contributed by atoms with van der Waals surface area (Å²) in [6.45, 7) is 3.21. The SMILES string of the molecule is CC(=O)C1CCCCN1Cc1ncon1. The second kappa shape index (κ2) is 4.53. The third-order valence-corrected chi connectivity index (χ3v) is 2.83. The van der Waals surface area contributed by atoms with Crippen LogP contribution >= 0.6 is 0 Å². The fourth-order valence-corrected chi connectivity index (χ4v) is 2.08. The fraction of sp³-hybridized carbons (Fsp3) is 0.700. The van der Waals surface area contributed by atoms with Crippen molar-refractivity contribution in [2.45, 2.75) is 38.8 Å². The molecule has 1 aliphatic rings. The van der Waals surface area contributed by atoms with Crippen molar-refractivity contribution < 1.29 is 9.32 Å². The molecule has 2 heterocycles. The van der Waals surface area contributed by atoms with E-state index in [1.54, 1.807) is 6.92 Å². The predicted molar refractivity (Wildman–Crippen MR) is 53.0 cm³/mol. The molecule has 15 heavy (non-hydrogen) atoms. The summed E-state index contributed by atoms with van der Waals surface area (Å²) in [5.41, 5.74) is 0. The number of hydrogen-bond donors (Lipinski definition) is 0. The van der Waals surface area contributed by atoms with Crippen LogP contribution < -0.4 is 0 Å². The van der Waals surface area contributed by atoms with Gasteiger partial charge in [-0.05, 0) is 26.3 Å². The van der Waals surface area contributed by atoms with Gasteiger partial charge in [0.1, 0.15) is 5.78 Å². The van der Waals surface area contributed by atoms with Gasteiger partial charge >= 0.3 is 0 Å². The molecule has 0 saturated carbocycles. The Balaban J connectivity index is 2.02. The molecule has 1 unspecified atom stereocenters. The molecule has 1 aliphatic heterocycles. The van der Waals surface area contributed by atoms with Crippen molar-refractivity contribution in [3.05, 3.63) is 12.2 Å². The molecule has 1 aromatic heterocycles. The quantitative estimate of drug-likeness (QED) is 0.743. The average molecular weight is 209 g/mol. The van der Waals surface area contributed by atoms with Crippen molar-refractivity contribution >= 4 is 5.78 Å². The third kappa shape index (κ3) is 2.41. The second-order valence-corrected chi connectivity index (χ2v) is 3.94. The van der Waals surface area contributed by atoms with Gasteiger partial charge < -0.3 is 4.52 Å². The number of rotatable bonds is 3. The van der Waals surface area contributed by atoms with Gasteiger partial charge in [0.05, 0.1) is 12.6 Å². The summed E-state index contributed by atoms with van der Waals surface area (Å²) in [5, 5.41) is 3.77. The van der Waals surface area contributed by atoms with Crippen LogP contribution in [0.2, 0.25) is 0 Å². The first-order chi connectivity index (χ1) is 7.27. The van der Waals surface area contributed by atoms with Crippen LogP contribution in [0.1, 0.15) is 32.0 Å². The monoisotopic (exact) mass is 209 g/mol. The summed E-state index contributed by atoms with van der Waals surface area (Å²) >= 11 is 0. The van der Waals surface area contributed by atoms with E-state index in [4.69, 9.17) is 0 Å². The molecule has 0 radical (unpaired) electrons. The maximum Gasteiger partial charge on any atom is 0.213 e. The number of ketones is 1. The summed E-state index contributed by atoms with van der Waals surface area (Å²) in [6.07, 6.45) is 4.55. The minimum atomic E-state index is 0.0391. The number of likely N-dealkylation sites (tertiary alicyclic amines) is 1. The van der Waals surface area contributed by atoms with E-state index < -0.39 is 0 Å². The summed E-state index contributed by atoms with van der Waals surface area (Å²) < 4.78 is 4.68. The van der Waals surface area contributed by atoms with Gasteiger partial charge in [-0.2, -0.15) is 4.98 Å². The number of carbonyl (C=O) groups is 1. The molecule has 1 aromatic rings. The molecule has 1 fully saturated rings. The van der Waals surface area contributed by atoms with E-state index in [0.717, 1.165) is 25.8 Å². The molecule has 0 bridgehead atoms. The van der Waals surface area contributed by atoms with Crippen molar-refractivity contribution in [1.29, 1.82) is 0 Å². The highest BCUT2D eigenvalue weighted by atomic mass is 16.5. The van der Waals surface area contributed by atoms with Gasteiger partial charge in [0.25, 0.3) is 0 Å². The first-order valence-electron chi connectivity index (χ1n) is 5.27. The Hall–Kier alpha value is -1.23. The van der Waals surface area contributed by atoms with Crippen LogP contribution in [0.5, 0.6) is 0 Å². The minimum Gasteiger partial charge on any atom is -0.343 e. The highest BCUT2D eigenvalue weighted by Crippen LogP contribution is 2.19. The number of Topliss-reactive ketones (excluding diaryl/α,β-unsaturated/α-hetero) is 1. The zero-order chi connectivity index (χ0) is 10.7. The molecule has 5 nitrogen and oxygen atoms in total. The maximum atomic E-state index is 11.4. The lowest BCUT2D eigenvalue weighted by atomic mass is 9.99. The Bertz CT molecular complexity index is 323. The summed E-state index contributed by atoms with van der Waals surface area (Å²) in [4.78, 5) is 17.5. The van der Waals surface area contributed by atoms with Crippen LogP contribution in [-0.2, 0) is 11.3 Å². The first-order valence-corrected chi connectivity index (χ1v) is 5.27. The molecular formula is C10H15N3O2. The molecule has 82 valence electrons. The summed E-state index contributed by atoms with van der Waals surface area (Å²) in [7, 11) is 0. The Labute approximate surface area is 88.5 Å². The summed E-state index contributed by atoms with van der Waals surface area (Å²) in [5.74, 6) is 0.890. The van der Waals surface area contributed by atoms with Crippen LogP contribution in [0.4, 0.5) is 0 Å². The molecule has 0 aromatic carbocycles. The van der Waals surface area contributed by atoms with Crippen molar-refractivity contribution in [3.8, 4) is 0 Å². The van der Waals surface area contributed by atoms with E-state index >= 15 is 0 Å². The van der Waals surface area contributed by atoms with Gasteiger partial charge in [-0.25, -0.2) is 0 Å². The van der Waals surface area contributed by atoms with Crippen LogP contribution in [-0.4, -0.2) is 33.4 Å². The highest BCUT2D eigenvalue weighted by Gasteiger charge is 2.26. The molecule has 0 amide bonds. The number of piperidine rings is 1. The molecule has 2 rings (SSSR count). The lowest BCUT2D eigenvalue weighted by Crippen LogP contribution is -2.43. The standard InChI is InChI=1S/C10H15N3O2/c1-8(14)9-4-2-3-5-13(9)6-10-11-7-15-12-10/h7,9H,2-6H2,1H3. The molecule has 0 aliphatic carbocycles. The molecular weight excluding hydrogens is 194 g/mol. The molecule has 1 atom stereocenters. The van der Waals surface area contributed by atoms with E-state index in [2.05, 4.69) is 19.6 Å². The van der Waals surface area contributed by atoms with E-state index in [-0.39, 0.29) is 11.8 Å². The number of hydrogen-bond acceptors (Lipinski definition) is 5. The minimum absolute atomic E-state index is 0.0391. The predicted octanol–water partition coefficient (Wildman–Crippen LogP) is 1.01. The zero-order valence-electron chi connectivity index (χ0n) is 8.85. The number of carbonyl (C=O) groups excluding carboxylic acids is 1. The third-order valence-electron chi connectivity index (χ3n) is 2.83. The van der Waals surface area contributed by atoms with Gasteiger partial charge in [0.15, 0.2) is 5.82 Å². The molecule has 0 spiro atoms. The van der Waals surface area contributed by atoms with E-state index in [0.29, 0.717) is 12.4 Å². The van der Waals surface area contributed by atoms with E-state index in [1.165, 1.54) is 6.39 Å². The van der Waals surface area contributed by atoms with Gasteiger partial charge in [-0.3, -0.25) is 9.69 Å². The van der Waals surface area contributed by atoms with Gasteiger partial charge in [0.2, 0.25) is 6.39 Å². The van der Waals surface area contributed by atoms with Crippen LogP contribution in [0, 0.1) is 0 Å². The van der Waals surface area contributed by atoms with Gasteiger partial charge in [0, 0.05) is 0 Å². The number of aromatic nitrogens is 2. The Kier molecular flexibility index (Phi) is 3.11. The zero-order valence-corrected chi connectivity index (χ0v) is 8.85. The largest absolute Gasteiger partial charge is 0.343 e. The Morgan fingerprint density at radius 3 is 3.20 bits per heavy atom. The fourth-order valence-electron chi connectivity index (χ4n) is 2.08. The van der Waals surface area contributed by atoms with Gasteiger partial charge in [-0.1, -0.05) is 11.6 Å². The van der Waals surface area contributed by atoms with Gasteiger partial charge in [-0.15, -0.1) is 0 Å². The first kappa shape index (κ1) is 10.3. The van der Waals surface area contributed by atoms with E-state index in [1.807, 2.05) is 0 Å². The molecule has 5 heteroatoms. The van der Waals surface area contributed by atoms with Crippen LogP contribution in [0.3, 0.4) is 0 Å². The van der Waals surface area contributed by atoms with Crippen molar-refractivity contribution in [1.82, 2.24) is 15.0 Å². The topological polar surface area (TPSA) is 59.2 Å². The summed E-state index contributed by atoms with van der Waals surface area (Å²) in [6, 6.07) is 0.0391. The maximum absolute atomic E-state index is 11.4. The molecule has 1 saturated heterocycles. The Morgan fingerprint density at radius 2 is 2.53 bits per heavy atom. The van der Waals surface area contributed by atoms with Crippen LogP contribution in [0.15, 0.2) is 10.9 Å². The molecule has 0 N–H and O–H groups in total. The number of nitrogens with zero attached hydrogens (tertiary/aromatic N) is 3. The lowest BCUT2D eigenvalue weighted by Gasteiger charge is -2.32. The normalized spacial score (nSPS) is 22.9. The second-order valence-electron chi connectivity index (χ2n) is 3.94. The lowest BCUT2D eigenvalue weighted by molar-refractivity contribution is -0.123. The van der Waals surface area contributed by atoms with Crippen molar-refractivity contribution in [2.75, 3.05) is 6.54 Å². The Morgan fingerprint density at radius 1 is 1.67 bits per heavy atom. The average Bonchev–Trinajstić information content (AvgIpc) is 2.71. The van der Waals surface area contributed by atoms with Crippen molar-refractivity contribution in [3.63, 3.8) is 0 Å².